The van der Waals surface area contributed by atoms with Gasteiger partial charge in [-0.1, -0.05) is 107 Å². The van der Waals surface area contributed by atoms with Crippen molar-refractivity contribution in [3.05, 3.63) is 93.2 Å². The number of halogens is 1. The summed E-state index contributed by atoms with van der Waals surface area (Å²) in [5.74, 6) is -2.81. The molecule has 69 heavy (non-hydrogen) atoms. The summed E-state index contributed by atoms with van der Waals surface area (Å²) in [7, 11) is 3.55. The minimum atomic E-state index is -1.27. The number of hydrogen-bond acceptors (Lipinski definition) is 13. The second-order valence-electron chi connectivity index (χ2n) is 19.4. The molecule has 0 spiro atoms. The number of aromatic nitrogens is 3. The molecule has 384 valence electrons. The van der Waals surface area contributed by atoms with Crippen molar-refractivity contribution in [2.45, 2.75) is 162 Å². The van der Waals surface area contributed by atoms with E-state index in [0.717, 1.165) is 32.4 Å². The van der Waals surface area contributed by atoms with Crippen LogP contribution in [0.15, 0.2) is 78.5 Å². The van der Waals surface area contributed by atoms with Gasteiger partial charge in [-0.3, -0.25) is 19.2 Å². The molecule has 3 aromatic rings. The number of carbonyl (C=O) groups is 2. The number of cyclic esters (lactones) is 1. The van der Waals surface area contributed by atoms with E-state index in [1.165, 1.54) is 24.8 Å². The molecule has 2 aliphatic heterocycles. The van der Waals surface area contributed by atoms with E-state index in [1.54, 1.807) is 38.1 Å². The van der Waals surface area contributed by atoms with Crippen molar-refractivity contribution in [2.75, 3.05) is 33.8 Å². The monoisotopic (exact) mass is 1070 g/mol. The van der Waals surface area contributed by atoms with E-state index >= 15 is 0 Å². The second-order valence-corrected chi connectivity index (χ2v) is 20.7. The maximum absolute atomic E-state index is 14.0. The summed E-state index contributed by atoms with van der Waals surface area (Å²) in [6.07, 6.45) is 5.80. The highest BCUT2D eigenvalue weighted by Gasteiger charge is 2.47. The summed E-state index contributed by atoms with van der Waals surface area (Å²) in [6, 6.07) is 16.3. The second kappa shape index (κ2) is 28.6. The van der Waals surface area contributed by atoms with Gasteiger partial charge in [0.1, 0.15) is 17.9 Å². The third-order valence-electron chi connectivity index (χ3n) is 13.8. The molecular formula is C54H82IN5O9. The fraction of sp³-hybridized carbons (Fsp3) is 0.630. The molecular weight excluding hydrogens is 990 g/mol. The van der Waals surface area contributed by atoms with Crippen LogP contribution in [0, 0.1) is 27.2 Å². The number of rotatable bonds is 18. The van der Waals surface area contributed by atoms with Crippen LogP contribution in [0.3, 0.4) is 0 Å². The number of nitrogens with zero attached hydrogens (tertiary/aromatic N) is 5. The predicted molar refractivity (Wildman–Crippen MR) is 279 cm³/mol. The average molecular weight is 1070 g/mol. The molecule has 2 aromatic carbocycles. The van der Waals surface area contributed by atoms with Crippen LogP contribution in [0.4, 0.5) is 0 Å². The largest absolute Gasteiger partial charge is 0.462 e. The van der Waals surface area contributed by atoms with Gasteiger partial charge in [0.25, 0.3) is 0 Å². The molecule has 15 heteroatoms. The minimum Gasteiger partial charge on any atom is -0.462 e. The van der Waals surface area contributed by atoms with Gasteiger partial charge in [-0.15, -0.1) is 5.10 Å². The number of aryl methyl sites for hydroxylation is 1. The molecule has 2 aliphatic rings. The number of ketones is 1. The Balaban J connectivity index is 0.0000104. The molecule has 1 fully saturated rings. The lowest BCUT2D eigenvalue weighted by atomic mass is 9.79. The van der Waals surface area contributed by atoms with Gasteiger partial charge in [-0.25, -0.2) is 0 Å². The maximum atomic E-state index is 14.0. The highest BCUT2D eigenvalue weighted by Crippen LogP contribution is 2.35. The third-order valence-corrected chi connectivity index (χ3v) is 14.5. The zero-order valence-electron chi connectivity index (χ0n) is 41.5. The Morgan fingerprint density at radius 1 is 0.928 bits per heavy atom. The van der Waals surface area contributed by atoms with E-state index in [4.69, 9.17) is 14.2 Å². The van der Waals surface area contributed by atoms with Crippen LogP contribution in [0.1, 0.15) is 105 Å². The number of unbranched alkanes of at least 4 members (excludes halogenated alkanes) is 2. The number of benzene rings is 2. The van der Waals surface area contributed by atoms with Gasteiger partial charge in [0.05, 0.1) is 56.2 Å². The molecule has 0 aliphatic carbocycles. The summed E-state index contributed by atoms with van der Waals surface area (Å²) < 4.78 is 22.0. The van der Waals surface area contributed by atoms with Crippen molar-refractivity contribution < 1.29 is 44.2 Å². The van der Waals surface area contributed by atoms with Crippen LogP contribution in [-0.4, -0.2) is 140 Å². The number of allylic oxidation sites excluding steroid dienone is 3. The Bertz CT molecular complexity index is 2060. The first-order valence-electron chi connectivity index (χ1n) is 24.7. The maximum Gasteiger partial charge on any atom is 0.308 e. The van der Waals surface area contributed by atoms with Gasteiger partial charge in [-0.05, 0) is 124 Å². The highest BCUT2D eigenvalue weighted by atomic mass is 127. The number of ether oxygens (including phenoxy) is 3. The number of aliphatic hydroxyl groups is 4. The fourth-order valence-corrected chi connectivity index (χ4v) is 9.89. The van der Waals surface area contributed by atoms with Crippen molar-refractivity contribution in [3.63, 3.8) is 0 Å². The van der Waals surface area contributed by atoms with Gasteiger partial charge in [0, 0.05) is 40.0 Å². The van der Waals surface area contributed by atoms with Crippen LogP contribution in [0.2, 0.25) is 0 Å². The van der Waals surface area contributed by atoms with Crippen molar-refractivity contribution in [2.24, 2.45) is 23.7 Å². The van der Waals surface area contributed by atoms with Crippen LogP contribution in [0.5, 0.6) is 0 Å². The predicted octanol–water partition coefficient (Wildman–Crippen LogP) is 7.64. The van der Waals surface area contributed by atoms with Gasteiger partial charge < -0.3 is 39.5 Å². The number of aliphatic hydroxyl groups excluding tert-OH is 4. The molecule has 14 nitrogen and oxygen atoms in total. The summed E-state index contributed by atoms with van der Waals surface area (Å²) in [5.41, 5.74) is 5.01. The first-order valence-corrected chi connectivity index (χ1v) is 25.8. The Morgan fingerprint density at radius 2 is 1.62 bits per heavy atom. The molecule has 12 atom stereocenters. The summed E-state index contributed by atoms with van der Waals surface area (Å²) in [5, 5.41) is 54.2. The lowest BCUT2D eigenvalue weighted by Crippen LogP contribution is -2.63. The molecule has 0 saturated carbocycles. The van der Waals surface area contributed by atoms with Crippen LogP contribution in [-0.2, 0) is 43.3 Å². The normalized spacial score (nSPS) is 29.9. The first-order chi connectivity index (χ1) is 32.5. The minimum absolute atomic E-state index is 0. The lowest BCUT2D eigenvalue weighted by Gasteiger charge is -2.46. The van der Waals surface area contributed by atoms with Crippen LogP contribution < -0.4 is 0 Å². The van der Waals surface area contributed by atoms with Crippen molar-refractivity contribution >= 4 is 34.3 Å². The van der Waals surface area contributed by atoms with Crippen molar-refractivity contribution in [1.29, 1.82) is 0 Å². The Kier molecular flexibility index (Phi) is 24.1. The summed E-state index contributed by atoms with van der Waals surface area (Å²) in [6.45, 7) is 13.5. The SMILES string of the molecule is C.CCCCCc1ccc(-c2cn(CCN(CC[C@H]3C[C@@H](C)C(=O)/C=C/C(C)=C/[C@H](CO)[C@@H](CC)OC(=O)C[C@@H](O)[C@H](C)[C@H]3O[C@@H]3O[C@H](C)[C@@H](O)C(N(C)C)C3O)Cc3ccc(I)cc3)nn2)cc1. The smallest absolute Gasteiger partial charge is 0.308 e. The van der Waals surface area contributed by atoms with Crippen LogP contribution >= 0.6 is 22.6 Å². The third kappa shape index (κ3) is 17.1. The zero-order valence-corrected chi connectivity index (χ0v) is 43.7. The summed E-state index contributed by atoms with van der Waals surface area (Å²) >= 11 is 2.31. The standard InChI is InChI=1S/C53H78IN5O9.CH4/c1-9-11-12-13-38-15-19-40(20-16-38)44-32-59(56-55-44)27-26-58(31-39-17-21-43(54)22-18-39)25-24-41-29-35(4)45(61)23-14-34(3)28-42(33-60)47(10-2)67-48(63)30-46(62)36(5)52(41)68-53-51(65)49(57(7)8)50(64)37(6)66-53;/h14-23,28,32,35-37,41-42,46-47,49-53,60,62,64-65H,9-13,24-27,29-31,33H2,1-8H3;1H4/b23-14+,34-28+;/t35-,36+,37-,41+,42-,46-,47-,49?,50-,51?,52-,53+;/m1./s1. The topological polar surface area (TPSA) is 180 Å². The van der Waals surface area contributed by atoms with Crippen LogP contribution in [0.25, 0.3) is 11.3 Å². The van der Waals surface area contributed by atoms with E-state index in [2.05, 4.69) is 93.3 Å². The van der Waals surface area contributed by atoms with Gasteiger partial charge >= 0.3 is 5.97 Å². The van der Waals surface area contributed by atoms with E-state index in [-0.39, 0.29) is 26.2 Å². The number of esters is 1. The molecule has 1 aromatic heterocycles. The molecule has 0 amide bonds. The van der Waals surface area contributed by atoms with E-state index < -0.39 is 78.6 Å². The van der Waals surface area contributed by atoms with Gasteiger partial charge in [0.15, 0.2) is 12.1 Å². The fourth-order valence-electron chi connectivity index (χ4n) is 9.53. The molecule has 4 N–H and O–H groups in total. The molecule has 0 radical (unpaired) electrons. The Labute approximate surface area is 425 Å². The molecule has 0 bridgehead atoms. The molecule has 2 unspecified atom stereocenters. The average Bonchev–Trinajstić information content (AvgIpc) is 3.80. The number of hydrogen-bond donors (Lipinski definition) is 4. The van der Waals surface area contributed by atoms with E-state index in [9.17, 15) is 30.0 Å². The van der Waals surface area contributed by atoms with E-state index in [0.29, 0.717) is 45.4 Å². The van der Waals surface area contributed by atoms with Gasteiger partial charge in [0.2, 0.25) is 0 Å². The van der Waals surface area contributed by atoms with E-state index in [1.807, 2.05) is 44.6 Å². The Morgan fingerprint density at radius 3 is 2.28 bits per heavy atom. The number of likely N-dealkylation sites (N-methyl/N-ethyl adjacent to an activating group) is 1. The first kappa shape index (κ1) is 58.2. The van der Waals surface area contributed by atoms with Crippen molar-refractivity contribution in [3.8, 4) is 11.3 Å². The highest BCUT2D eigenvalue weighted by molar-refractivity contribution is 14.1. The Hall–Kier alpha value is -3.39. The molecule has 5 rings (SSSR count). The quantitative estimate of drug-likeness (QED) is 0.0556. The lowest BCUT2D eigenvalue weighted by molar-refractivity contribution is -0.304. The molecule has 1 saturated heterocycles. The zero-order chi connectivity index (χ0) is 49.5. The molecule has 3 heterocycles. The summed E-state index contributed by atoms with van der Waals surface area (Å²) in [4.78, 5) is 31.7. The van der Waals surface area contributed by atoms with Crippen molar-refractivity contribution in [1.82, 2.24) is 24.8 Å². The van der Waals surface area contributed by atoms with Gasteiger partial charge in [-0.2, -0.15) is 0 Å². The number of carbonyl (C=O) groups excluding carboxylic acids is 2.